The minimum atomic E-state index is -0.330. The Hall–Kier alpha value is -1.34. The highest BCUT2D eigenvalue weighted by molar-refractivity contribution is 9.10. The number of unbranched alkanes of at least 4 members (excludes halogenated alkanes) is 1. The van der Waals surface area contributed by atoms with Crippen molar-refractivity contribution in [3.8, 4) is 5.75 Å². The first kappa shape index (κ1) is 21.0. The number of ether oxygens (including phenoxy) is 1. The molecular formula is C18H17BrCl2N2O2S. The third-order valence-corrected chi connectivity index (χ3v) is 4.92. The van der Waals surface area contributed by atoms with Crippen molar-refractivity contribution in [2.45, 2.75) is 19.8 Å². The van der Waals surface area contributed by atoms with Crippen LogP contribution in [-0.4, -0.2) is 17.6 Å². The van der Waals surface area contributed by atoms with Crippen LogP contribution in [0.1, 0.15) is 30.1 Å². The Labute approximate surface area is 176 Å². The molecule has 0 atom stereocenters. The summed E-state index contributed by atoms with van der Waals surface area (Å²) < 4.78 is 6.37. The maximum Gasteiger partial charge on any atom is 0.257 e. The molecule has 4 nitrogen and oxygen atoms in total. The van der Waals surface area contributed by atoms with E-state index in [9.17, 15) is 4.79 Å². The molecule has 8 heteroatoms. The minimum absolute atomic E-state index is 0.160. The SMILES string of the molecule is CCCCOc1ccc(C(=O)NC(=S)Nc2ccc(Cl)c(Cl)c2)cc1Br. The van der Waals surface area contributed by atoms with E-state index < -0.39 is 0 Å². The normalized spacial score (nSPS) is 10.3. The zero-order valence-corrected chi connectivity index (χ0v) is 17.9. The summed E-state index contributed by atoms with van der Waals surface area (Å²) in [4.78, 5) is 12.3. The van der Waals surface area contributed by atoms with Crippen LogP contribution in [0.5, 0.6) is 5.75 Å². The van der Waals surface area contributed by atoms with E-state index in [1.807, 2.05) is 0 Å². The van der Waals surface area contributed by atoms with Crippen molar-refractivity contribution in [3.63, 3.8) is 0 Å². The van der Waals surface area contributed by atoms with Crippen molar-refractivity contribution in [1.29, 1.82) is 0 Å². The van der Waals surface area contributed by atoms with Crippen LogP contribution in [0.3, 0.4) is 0 Å². The van der Waals surface area contributed by atoms with Gasteiger partial charge in [0.1, 0.15) is 5.75 Å². The van der Waals surface area contributed by atoms with Gasteiger partial charge in [0.2, 0.25) is 0 Å². The van der Waals surface area contributed by atoms with E-state index >= 15 is 0 Å². The number of halogens is 3. The molecule has 0 heterocycles. The fourth-order valence-corrected chi connectivity index (χ4v) is 3.00. The molecule has 138 valence electrons. The maximum absolute atomic E-state index is 12.3. The summed E-state index contributed by atoms with van der Waals surface area (Å²) in [6.45, 7) is 2.74. The lowest BCUT2D eigenvalue weighted by Gasteiger charge is -2.12. The molecule has 1 amide bonds. The topological polar surface area (TPSA) is 50.4 Å². The number of hydrogen-bond donors (Lipinski definition) is 2. The number of benzene rings is 2. The standard InChI is InChI=1S/C18H17BrCl2N2O2S/c1-2-3-8-25-16-7-4-11(9-13(16)19)17(24)23-18(26)22-12-5-6-14(20)15(21)10-12/h4-7,9-10H,2-3,8H2,1H3,(H2,22,23,24,26). The molecule has 0 saturated carbocycles. The first-order chi connectivity index (χ1) is 12.4. The Morgan fingerprint density at radius 2 is 1.96 bits per heavy atom. The monoisotopic (exact) mass is 474 g/mol. The van der Waals surface area contributed by atoms with Crippen LogP contribution in [0.4, 0.5) is 5.69 Å². The van der Waals surface area contributed by atoms with Gasteiger partial charge in [0, 0.05) is 11.3 Å². The summed E-state index contributed by atoms with van der Waals surface area (Å²) >= 11 is 20.4. The fourth-order valence-electron chi connectivity index (χ4n) is 2.00. The van der Waals surface area contributed by atoms with Crippen LogP contribution < -0.4 is 15.4 Å². The predicted octanol–water partition coefficient (Wildman–Crippen LogP) is 6.06. The lowest BCUT2D eigenvalue weighted by Crippen LogP contribution is -2.34. The highest BCUT2D eigenvalue weighted by Crippen LogP contribution is 2.27. The molecule has 2 aromatic rings. The first-order valence-corrected chi connectivity index (χ1v) is 9.86. The third kappa shape index (κ3) is 6.13. The molecule has 0 aliphatic heterocycles. The summed E-state index contributed by atoms with van der Waals surface area (Å²) in [7, 11) is 0. The van der Waals surface area contributed by atoms with Crippen LogP contribution in [0.15, 0.2) is 40.9 Å². The second-order valence-electron chi connectivity index (χ2n) is 5.38. The van der Waals surface area contributed by atoms with E-state index in [1.165, 1.54) is 0 Å². The van der Waals surface area contributed by atoms with Gasteiger partial charge in [-0.05, 0) is 71.0 Å². The van der Waals surface area contributed by atoms with E-state index in [0.717, 1.165) is 12.8 Å². The molecule has 0 aromatic heterocycles. The van der Waals surface area contributed by atoms with Gasteiger partial charge in [-0.2, -0.15) is 0 Å². The van der Waals surface area contributed by atoms with Crippen molar-refractivity contribution in [2.75, 3.05) is 11.9 Å². The minimum Gasteiger partial charge on any atom is -0.492 e. The highest BCUT2D eigenvalue weighted by Gasteiger charge is 2.11. The van der Waals surface area contributed by atoms with Gasteiger partial charge in [0.05, 0.1) is 21.1 Å². The average molecular weight is 476 g/mol. The number of hydrogen-bond acceptors (Lipinski definition) is 3. The van der Waals surface area contributed by atoms with Gasteiger partial charge in [0.25, 0.3) is 5.91 Å². The van der Waals surface area contributed by atoms with Gasteiger partial charge in [-0.3, -0.25) is 10.1 Å². The first-order valence-electron chi connectivity index (χ1n) is 7.90. The van der Waals surface area contributed by atoms with Gasteiger partial charge in [-0.15, -0.1) is 0 Å². The molecule has 0 saturated heterocycles. The van der Waals surface area contributed by atoms with E-state index in [2.05, 4.69) is 33.5 Å². The lowest BCUT2D eigenvalue weighted by molar-refractivity contribution is 0.0977. The quantitative estimate of drug-likeness (QED) is 0.393. The number of carbonyl (C=O) groups excluding carboxylic acids is 1. The van der Waals surface area contributed by atoms with E-state index in [0.29, 0.717) is 38.1 Å². The number of amides is 1. The number of thiocarbonyl (C=S) groups is 1. The van der Waals surface area contributed by atoms with Gasteiger partial charge in [-0.1, -0.05) is 36.5 Å². The Balaban J connectivity index is 1.96. The van der Waals surface area contributed by atoms with Crippen molar-refractivity contribution in [2.24, 2.45) is 0 Å². The Kier molecular flexibility index (Phi) is 8.15. The maximum atomic E-state index is 12.3. The molecule has 0 bridgehead atoms. The number of anilines is 1. The summed E-state index contributed by atoms with van der Waals surface area (Å²) in [5.41, 5.74) is 1.09. The van der Waals surface area contributed by atoms with Gasteiger partial charge in [-0.25, -0.2) is 0 Å². The molecule has 0 spiro atoms. The molecule has 0 fully saturated rings. The zero-order valence-electron chi connectivity index (χ0n) is 13.9. The van der Waals surface area contributed by atoms with Gasteiger partial charge < -0.3 is 10.1 Å². The molecule has 26 heavy (non-hydrogen) atoms. The Bertz CT molecular complexity index is 818. The van der Waals surface area contributed by atoms with Crippen molar-refractivity contribution in [3.05, 3.63) is 56.5 Å². The van der Waals surface area contributed by atoms with Crippen LogP contribution in [0.25, 0.3) is 0 Å². The van der Waals surface area contributed by atoms with E-state index in [1.54, 1.807) is 36.4 Å². The second-order valence-corrected chi connectivity index (χ2v) is 7.46. The number of nitrogens with one attached hydrogen (secondary N) is 2. The van der Waals surface area contributed by atoms with Gasteiger partial charge in [0.15, 0.2) is 5.11 Å². The third-order valence-electron chi connectivity index (χ3n) is 3.35. The van der Waals surface area contributed by atoms with E-state index in [4.69, 9.17) is 40.2 Å². The highest BCUT2D eigenvalue weighted by atomic mass is 79.9. The molecule has 2 N–H and O–H groups in total. The molecule has 0 radical (unpaired) electrons. The van der Waals surface area contributed by atoms with Crippen molar-refractivity contribution in [1.82, 2.24) is 5.32 Å². The van der Waals surface area contributed by atoms with Crippen molar-refractivity contribution >= 4 is 68.1 Å². The molecule has 0 aliphatic carbocycles. The van der Waals surface area contributed by atoms with Crippen molar-refractivity contribution < 1.29 is 9.53 Å². The van der Waals surface area contributed by atoms with Gasteiger partial charge >= 0.3 is 0 Å². The number of carbonyl (C=O) groups is 1. The van der Waals surface area contributed by atoms with Crippen LogP contribution >= 0.6 is 51.3 Å². The van der Waals surface area contributed by atoms with E-state index in [-0.39, 0.29) is 11.0 Å². The smallest absolute Gasteiger partial charge is 0.257 e. The largest absolute Gasteiger partial charge is 0.492 e. The van der Waals surface area contributed by atoms with Crippen LogP contribution in [0.2, 0.25) is 10.0 Å². The fraction of sp³-hybridized carbons (Fsp3) is 0.222. The molecule has 0 aliphatic rings. The summed E-state index contributed by atoms with van der Waals surface area (Å²) in [5.74, 6) is 0.370. The predicted molar refractivity (Wildman–Crippen MR) is 115 cm³/mol. The summed E-state index contributed by atoms with van der Waals surface area (Å²) in [5, 5.41) is 6.51. The lowest BCUT2D eigenvalue weighted by atomic mass is 10.2. The Morgan fingerprint density at radius 3 is 2.62 bits per heavy atom. The Morgan fingerprint density at radius 1 is 1.19 bits per heavy atom. The molecule has 0 unspecified atom stereocenters. The molecular weight excluding hydrogens is 459 g/mol. The molecule has 2 aromatic carbocycles. The van der Waals surface area contributed by atoms with Crippen LogP contribution in [-0.2, 0) is 0 Å². The number of rotatable bonds is 6. The summed E-state index contributed by atoms with van der Waals surface area (Å²) in [6, 6.07) is 10.1. The average Bonchev–Trinajstić information content (AvgIpc) is 2.59. The zero-order chi connectivity index (χ0) is 19.1. The molecule has 2 rings (SSSR count). The van der Waals surface area contributed by atoms with Crippen LogP contribution in [0, 0.1) is 0 Å². The second kappa shape index (κ2) is 10.1. The summed E-state index contributed by atoms with van der Waals surface area (Å²) in [6.07, 6.45) is 2.03.